The monoisotopic (exact) mass is 590 g/mol. The van der Waals surface area contributed by atoms with Crippen LogP contribution in [0.4, 0.5) is 5.69 Å². The molecule has 0 bridgehead atoms. The minimum absolute atomic E-state index is 0.0586. The van der Waals surface area contributed by atoms with Crippen LogP contribution in [0.25, 0.3) is 11.4 Å². The van der Waals surface area contributed by atoms with Crippen molar-refractivity contribution in [1.29, 1.82) is 0 Å². The van der Waals surface area contributed by atoms with Crippen LogP contribution in [-0.2, 0) is 19.6 Å². The molecule has 1 N–H and O–H groups in total. The summed E-state index contributed by atoms with van der Waals surface area (Å²) in [6.07, 6.45) is 7.98. The van der Waals surface area contributed by atoms with Crippen molar-refractivity contribution in [2.75, 3.05) is 37.4 Å². The van der Waals surface area contributed by atoms with Gasteiger partial charge in [-0.2, -0.15) is 4.31 Å². The summed E-state index contributed by atoms with van der Waals surface area (Å²) in [4.78, 5) is 17.3. The van der Waals surface area contributed by atoms with E-state index >= 15 is 0 Å². The number of ether oxygens (including phenoxy) is 1. The number of nitrogens with one attached hydrogen (secondary N) is 1. The van der Waals surface area contributed by atoms with Crippen LogP contribution in [0.15, 0.2) is 52.8 Å². The molecule has 1 saturated carbocycles. The van der Waals surface area contributed by atoms with E-state index in [-0.39, 0.29) is 46.4 Å². The predicted octanol–water partition coefficient (Wildman–Crippen LogP) is 4.50. The van der Waals surface area contributed by atoms with Crippen LogP contribution in [0.1, 0.15) is 38.6 Å². The number of pyridine rings is 1. The van der Waals surface area contributed by atoms with Gasteiger partial charge in [0.2, 0.25) is 15.9 Å². The summed E-state index contributed by atoms with van der Waals surface area (Å²) in [5.74, 6) is 0.933. The van der Waals surface area contributed by atoms with Crippen LogP contribution in [-0.4, -0.2) is 70.4 Å². The van der Waals surface area contributed by atoms with E-state index in [2.05, 4.69) is 32.0 Å². The lowest BCUT2D eigenvalue weighted by Gasteiger charge is -2.31. The van der Waals surface area contributed by atoms with Crippen molar-refractivity contribution in [2.24, 2.45) is 5.92 Å². The summed E-state index contributed by atoms with van der Waals surface area (Å²) < 4.78 is 34.9. The molecule has 2 atom stereocenters. The van der Waals surface area contributed by atoms with Gasteiger partial charge in [-0.1, -0.05) is 43.1 Å². The first kappa shape index (κ1) is 28.0. The summed E-state index contributed by atoms with van der Waals surface area (Å²) in [5, 5.41) is 12.6. The Morgan fingerprint density at radius 1 is 1.18 bits per heavy atom. The predicted molar refractivity (Wildman–Crippen MR) is 150 cm³/mol. The molecule has 2 aromatic heterocycles. The molecule has 10 nitrogen and oxygen atoms in total. The van der Waals surface area contributed by atoms with E-state index in [1.165, 1.54) is 40.7 Å². The molecule has 208 valence electrons. The SMILES string of the molecule is C[C@H]1CCCC[C@H]1n1c(SCC(=O)Nc2cc(S(=O)(=O)N3CCOCC3)ccc2Cl)nnc1-c1cccnc1. The van der Waals surface area contributed by atoms with Crippen LogP contribution in [0.3, 0.4) is 0 Å². The van der Waals surface area contributed by atoms with Gasteiger partial charge in [-0.25, -0.2) is 8.42 Å². The Bertz CT molecular complexity index is 1410. The highest BCUT2D eigenvalue weighted by atomic mass is 35.5. The van der Waals surface area contributed by atoms with E-state index < -0.39 is 10.0 Å². The molecule has 1 amide bonds. The number of amides is 1. The van der Waals surface area contributed by atoms with Crippen molar-refractivity contribution >= 4 is 45.0 Å². The van der Waals surface area contributed by atoms with Gasteiger partial charge >= 0.3 is 0 Å². The maximum atomic E-state index is 13.1. The lowest BCUT2D eigenvalue weighted by molar-refractivity contribution is -0.113. The lowest BCUT2D eigenvalue weighted by Crippen LogP contribution is -2.40. The van der Waals surface area contributed by atoms with Gasteiger partial charge in [0.05, 0.1) is 34.6 Å². The number of hydrogen-bond acceptors (Lipinski definition) is 8. The van der Waals surface area contributed by atoms with Crippen LogP contribution in [0.5, 0.6) is 0 Å². The van der Waals surface area contributed by atoms with Gasteiger partial charge in [-0.15, -0.1) is 10.2 Å². The number of anilines is 1. The minimum Gasteiger partial charge on any atom is -0.379 e. The zero-order chi connectivity index (χ0) is 27.4. The van der Waals surface area contributed by atoms with E-state index in [0.29, 0.717) is 24.3 Å². The fraction of sp³-hybridized carbons (Fsp3) is 0.462. The zero-order valence-electron chi connectivity index (χ0n) is 21.6. The molecule has 5 rings (SSSR count). The van der Waals surface area contributed by atoms with Gasteiger partial charge in [0.25, 0.3) is 0 Å². The van der Waals surface area contributed by atoms with Crippen molar-refractivity contribution in [3.63, 3.8) is 0 Å². The minimum atomic E-state index is -3.73. The van der Waals surface area contributed by atoms with Crippen molar-refractivity contribution in [2.45, 2.75) is 48.7 Å². The first-order valence-corrected chi connectivity index (χ1v) is 15.8. The number of carbonyl (C=O) groups excluding carboxylic acids is 1. The molecular weight excluding hydrogens is 560 g/mol. The average molecular weight is 591 g/mol. The third kappa shape index (κ3) is 6.30. The molecule has 3 heterocycles. The summed E-state index contributed by atoms with van der Waals surface area (Å²) in [5.41, 5.74) is 1.12. The van der Waals surface area contributed by atoms with Gasteiger partial charge < -0.3 is 10.1 Å². The van der Waals surface area contributed by atoms with Crippen molar-refractivity contribution in [3.05, 3.63) is 47.7 Å². The number of hydrogen-bond donors (Lipinski definition) is 1. The van der Waals surface area contributed by atoms with Gasteiger partial charge in [0.15, 0.2) is 11.0 Å². The summed E-state index contributed by atoms with van der Waals surface area (Å²) in [6.45, 7) is 3.51. The number of nitrogens with zero attached hydrogens (tertiary/aromatic N) is 5. The van der Waals surface area contributed by atoms with E-state index in [9.17, 15) is 13.2 Å². The Hall–Kier alpha value is -2.51. The van der Waals surface area contributed by atoms with E-state index in [0.717, 1.165) is 30.7 Å². The Kier molecular flexibility index (Phi) is 8.87. The zero-order valence-corrected chi connectivity index (χ0v) is 24.0. The first-order valence-electron chi connectivity index (χ1n) is 13.0. The molecule has 1 saturated heterocycles. The molecule has 0 radical (unpaired) electrons. The Morgan fingerprint density at radius 2 is 1.97 bits per heavy atom. The number of aromatic nitrogens is 4. The molecule has 2 fully saturated rings. The second kappa shape index (κ2) is 12.3. The largest absolute Gasteiger partial charge is 0.379 e. The number of sulfonamides is 1. The molecule has 1 aliphatic carbocycles. The number of carbonyl (C=O) groups is 1. The van der Waals surface area contributed by atoms with E-state index in [1.807, 2.05) is 12.1 Å². The Balaban J connectivity index is 1.33. The Morgan fingerprint density at radius 3 is 2.72 bits per heavy atom. The molecule has 13 heteroatoms. The van der Waals surface area contributed by atoms with E-state index in [4.69, 9.17) is 16.3 Å². The second-order valence-corrected chi connectivity index (χ2v) is 13.0. The van der Waals surface area contributed by atoms with E-state index in [1.54, 1.807) is 12.4 Å². The van der Waals surface area contributed by atoms with Crippen molar-refractivity contribution in [3.8, 4) is 11.4 Å². The summed E-state index contributed by atoms with van der Waals surface area (Å²) >= 11 is 7.62. The molecule has 1 aliphatic heterocycles. The summed E-state index contributed by atoms with van der Waals surface area (Å²) in [6, 6.07) is 8.40. The fourth-order valence-electron chi connectivity index (χ4n) is 5.06. The van der Waals surface area contributed by atoms with Crippen molar-refractivity contribution < 1.29 is 17.9 Å². The molecule has 1 aromatic carbocycles. The molecule has 0 spiro atoms. The fourth-order valence-corrected chi connectivity index (χ4v) is 7.45. The first-order chi connectivity index (χ1) is 18.8. The Labute approximate surface area is 237 Å². The topological polar surface area (TPSA) is 119 Å². The second-order valence-electron chi connectivity index (χ2n) is 9.74. The highest BCUT2D eigenvalue weighted by Gasteiger charge is 2.30. The number of morpholine rings is 1. The van der Waals surface area contributed by atoms with Gasteiger partial charge in [-0.3, -0.25) is 14.3 Å². The maximum Gasteiger partial charge on any atom is 0.243 e. The third-order valence-electron chi connectivity index (χ3n) is 7.13. The maximum absolute atomic E-state index is 13.1. The number of benzene rings is 1. The quantitative estimate of drug-likeness (QED) is 0.381. The smallest absolute Gasteiger partial charge is 0.243 e. The van der Waals surface area contributed by atoms with Gasteiger partial charge in [0, 0.05) is 37.1 Å². The third-order valence-corrected chi connectivity index (χ3v) is 10.3. The standard InChI is InChI=1S/C26H31ClN6O4S2/c1-18-5-2-3-7-23(18)33-25(19-6-4-10-28-16-19)30-31-26(33)38-17-24(34)29-22-15-20(8-9-21(22)27)39(35,36)32-11-13-37-14-12-32/h4,6,8-10,15-16,18,23H,2-3,5,7,11-14,17H2,1H3,(H,29,34)/t18-,23+/m0/s1. The number of halogens is 1. The number of thioether (sulfide) groups is 1. The van der Waals surface area contributed by atoms with Crippen LogP contribution in [0.2, 0.25) is 5.02 Å². The molecular formula is C26H31ClN6O4S2. The molecule has 2 aliphatic rings. The van der Waals surface area contributed by atoms with Crippen LogP contribution in [0, 0.1) is 5.92 Å². The normalized spacial score (nSPS) is 20.6. The molecule has 39 heavy (non-hydrogen) atoms. The lowest BCUT2D eigenvalue weighted by atomic mass is 9.85. The highest BCUT2D eigenvalue weighted by molar-refractivity contribution is 7.99. The molecule has 3 aromatic rings. The van der Waals surface area contributed by atoms with Gasteiger partial charge in [0.1, 0.15) is 0 Å². The van der Waals surface area contributed by atoms with Crippen LogP contribution < -0.4 is 5.32 Å². The summed E-state index contributed by atoms with van der Waals surface area (Å²) in [7, 11) is -3.73. The number of rotatable bonds is 8. The van der Waals surface area contributed by atoms with Gasteiger partial charge in [-0.05, 0) is 49.1 Å². The highest BCUT2D eigenvalue weighted by Crippen LogP contribution is 2.39. The van der Waals surface area contributed by atoms with Crippen molar-refractivity contribution in [1.82, 2.24) is 24.1 Å². The van der Waals surface area contributed by atoms with Crippen LogP contribution >= 0.6 is 23.4 Å². The molecule has 0 unspecified atom stereocenters. The average Bonchev–Trinajstić information content (AvgIpc) is 3.38.